The lowest BCUT2D eigenvalue weighted by Gasteiger charge is -2.27. The molecule has 0 amide bonds. The van der Waals surface area contributed by atoms with Gasteiger partial charge >= 0.3 is 5.97 Å². The van der Waals surface area contributed by atoms with E-state index in [-0.39, 0.29) is 17.8 Å². The standard InChI is InChI=1S/C18H26N4O2/c1-5-9-14(17(23)24-18(2,3)4)15(16-19-21-22-20-16)12-13-10-7-6-8-11-13/h6-8,10-11,14-15H,5,9,12H2,1-4H3,(H,19,20,21,22)/t14?,15-/m0/s1. The van der Waals surface area contributed by atoms with Crippen LogP contribution in [0.15, 0.2) is 30.3 Å². The summed E-state index contributed by atoms with van der Waals surface area (Å²) in [4.78, 5) is 12.8. The van der Waals surface area contributed by atoms with Crippen LogP contribution >= 0.6 is 0 Å². The molecule has 0 aliphatic heterocycles. The first-order valence-electron chi connectivity index (χ1n) is 8.41. The van der Waals surface area contributed by atoms with Gasteiger partial charge in [-0.3, -0.25) is 4.79 Å². The second-order valence-electron chi connectivity index (χ2n) is 6.99. The van der Waals surface area contributed by atoms with E-state index in [4.69, 9.17) is 4.74 Å². The van der Waals surface area contributed by atoms with Gasteiger partial charge in [0.25, 0.3) is 0 Å². The lowest BCUT2D eigenvalue weighted by atomic mass is 9.83. The van der Waals surface area contributed by atoms with Gasteiger partial charge in [0.15, 0.2) is 5.82 Å². The van der Waals surface area contributed by atoms with E-state index >= 15 is 0 Å². The third kappa shape index (κ3) is 5.15. The quantitative estimate of drug-likeness (QED) is 0.788. The van der Waals surface area contributed by atoms with Gasteiger partial charge in [-0.15, -0.1) is 10.2 Å². The van der Waals surface area contributed by atoms with Crippen LogP contribution in [0.25, 0.3) is 0 Å². The number of nitrogens with zero attached hydrogens (tertiary/aromatic N) is 3. The molecule has 0 aliphatic rings. The number of carbonyl (C=O) groups excluding carboxylic acids is 1. The van der Waals surface area contributed by atoms with Crippen LogP contribution in [0.1, 0.15) is 57.8 Å². The molecule has 2 atom stereocenters. The van der Waals surface area contributed by atoms with Crippen molar-refractivity contribution in [2.75, 3.05) is 0 Å². The van der Waals surface area contributed by atoms with Gasteiger partial charge in [-0.1, -0.05) is 48.9 Å². The Bertz CT molecular complexity index is 620. The van der Waals surface area contributed by atoms with E-state index in [2.05, 4.69) is 27.5 Å². The molecule has 1 N–H and O–H groups in total. The molecule has 0 aliphatic carbocycles. The maximum atomic E-state index is 12.8. The minimum Gasteiger partial charge on any atom is -0.460 e. The highest BCUT2D eigenvalue weighted by Gasteiger charge is 2.35. The molecule has 1 aromatic heterocycles. The molecule has 1 heterocycles. The van der Waals surface area contributed by atoms with Crippen molar-refractivity contribution in [1.29, 1.82) is 0 Å². The summed E-state index contributed by atoms with van der Waals surface area (Å²) in [6.45, 7) is 7.71. The summed E-state index contributed by atoms with van der Waals surface area (Å²) in [5, 5.41) is 14.4. The van der Waals surface area contributed by atoms with Crippen molar-refractivity contribution >= 4 is 5.97 Å². The highest BCUT2D eigenvalue weighted by molar-refractivity contribution is 5.74. The molecule has 24 heavy (non-hydrogen) atoms. The number of aromatic nitrogens is 4. The SMILES string of the molecule is CCCC(C(=O)OC(C)(C)C)[C@H](Cc1ccccc1)c1nn[nH]n1. The van der Waals surface area contributed by atoms with Crippen LogP contribution in [0.5, 0.6) is 0 Å². The van der Waals surface area contributed by atoms with Gasteiger partial charge in [0.1, 0.15) is 5.60 Å². The Morgan fingerprint density at radius 3 is 2.50 bits per heavy atom. The molecule has 1 aromatic carbocycles. The lowest BCUT2D eigenvalue weighted by Crippen LogP contribution is -2.33. The Kier molecular flexibility index (Phi) is 6.06. The number of hydrogen-bond acceptors (Lipinski definition) is 5. The molecule has 0 radical (unpaired) electrons. The van der Waals surface area contributed by atoms with E-state index in [0.717, 1.165) is 18.4 Å². The normalized spacial score (nSPS) is 14.2. The average molecular weight is 330 g/mol. The van der Waals surface area contributed by atoms with E-state index in [1.807, 2.05) is 51.1 Å². The Hall–Kier alpha value is -2.24. The van der Waals surface area contributed by atoms with Gasteiger partial charge in [0, 0.05) is 5.92 Å². The van der Waals surface area contributed by atoms with Crippen LogP contribution in [0.4, 0.5) is 0 Å². The van der Waals surface area contributed by atoms with E-state index in [9.17, 15) is 4.79 Å². The summed E-state index contributed by atoms with van der Waals surface area (Å²) in [5.74, 6) is -0.105. The van der Waals surface area contributed by atoms with Crippen molar-refractivity contribution < 1.29 is 9.53 Å². The predicted molar refractivity (Wildman–Crippen MR) is 91.3 cm³/mol. The van der Waals surface area contributed by atoms with E-state index in [1.54, 1.807) is 0 Å². The number of nitrogens with one attached hydrogen (secondary N) is 1. The molecular weight excluding hydrogens is 304 g/mol. The largest absolute Gasteiger partial charge is 0.460 e. The van der Waals surface area contributed by atoms with Crippen molar-refractivity contribution in [3.8, 4) is 0 Å². The first kappa shape index (κ1) is 18.1. The molecule has 130 valence electrons. The second kappa shape index (κ2) is 8.04. The Balaban J connectivity index is 2.29. The number of esters is 1. The lowest BCUT2D eigenvalue weighted by molar-refractivity contribution is -0.161. The molecule has 2 aromatic rings. The average Bonchev–Trinajstić information content (AvgIpc) is 3.04. The van der Waals surface area contributed by atoms with Crippen LogP contribution in [0, 0.1) is 5.92 Å². The van der Waals surface area contributed by atoms with Crippen molar-refractivity contribution in [3.63, 3.8) is 0 Å². The maximum Gasteiger partial charge on any atom is 0.310 e. The smallest absolute Gasteiger partial charge is 0.310 e. The third-order valence-corrected chi connectivity index (χ3v) is 3.79. The van der Waals surface area contributed by atoms with Crippen LogP contribution in [-0.2, 0) is 16.0 Å². The molecule has 0 spiro atoms. The third-order valence-electron chi connectivity index (χ3n) is 3.79. The fraction of sp³-hybridized carbons (Fsp3) is 0.556. The topological polar surface area (TPSA) is 80.8 Å². The number of tetrazole rings is 1. The van der Waals surface area contributed by atoms with Crippen molar-refractivity contribution in [3.05, 3.63) is 41.7 Å². The molecule has 0 bridgehead atoms. The first-order valence-corrected chi connectivity index (χ1v) is 8.41. The number of benzene rings is 1. The number of ether oxygens (including phenoxy) is 1. The van der Waals surface area contributed by atoms with Gasteiger partial charge in [0.2, 0.25) is 0 Å². The Morgan fingerprint density at radius 2 is 1.96 bits per heavy atom. The summed E-state index contributed by atoms with van der Waals surface area (Å²) in [6, 6.07) is 10.1. The summed E-state index contributed by atoms with van der Waals surface area (Å²) in [6.07, 6.45) is 2.28. The molecule has 0 saturated carbocycles. The van der Waals surface area contributed by atoms with Crippen molar-refractivity contribution in [1.82, 2.24) is 20.6 Å². The zero-order valence-electron chi connectivity index (χ0n) is 14.8. The van der Waals surface area contributed by atoms with Crippen molar-refractivity contribution in [2.45, 2.75) is 58.5 Å². The van der Waals surface area contributed by atoms with Gasteiger partial charge < -0.3 is 4.74 Å². The molecular formula is C18H26N4O2. The van der Waals surface area contributed by atoms with Crippen LogP contribution in [-0.4, -0.2) is 32.2 Å². The minimum atomic E-state index is -0.516. The Labute approximate surface area is 143 Å². The predicted octanol–water partition coefficient (Wildman–Crippen LogP) is 3.28. The maximum absolute atomic E-state index is 12.8. The summed E-state index contributed by atoms with van der Waals surface area (Å²) in [7, 11) is 0. The summed E-state index contributed by atoms with van der Waals surface area (Å²) >= 11 is 0. The molecule has 0 fully saturated rings. The van der Waals surface area contributed by atoms with Gasteiger partial charge in [0.05, 0.1) is 5.92 Å². The van der Waals surface area contributed by atoms with Gasteiger partial charge in [-0.05, 0) is 39.2 Å². The van der Waals surface area contributed by atoms with Crippen LogP contribution in [0.3, 0.4) is 0 Å². The van der Waals surface area contributed by atoms with Crippen LogP contribution < -0.4 is 0 Å². The Morgan fingerprint density at radius 1 is 1.25 bits per heavy atom. The van der Waals surface area contributed by atoms with E-state index in [1.165, 1.54) is 0 Å². The fourth-order valence-electron chi connectivity index (χ4n) is 2.78. The number of aromatic amines is 1. The molecule has 6 nitrogen and oxygen atoms in total. The fourth-order valence-corrected chi connectivity index (χ4v) is 2.78. The molecule has 6 heteroatoms. The van der Waals surface area contributed by atoms with Gasteiger partial charge in [-0.2, -0.15) is 5.21 Å². The number of H-pyrrole nitrogens is 1. The van der Waals surface area contributed by atoms with Crippen LogP contribution in [0.2, 0.25) is 0 Å². The zero-order valence-corrected chi connectivity index (χ0v) is 14.8. The van der Waals surface area contributed by atoms with Crippen molar-refractivity contribution in [2.24, 2.45) is 5.92 Å². The van der Waals surface area contributed by atoms with Gasteiger partial charge in [-0.25, -0.2) is 0 Å². The highest BCUT2D eigenvalue weighted by Crippen LogP contribution is 2.31. The molecule has 0 saturated heterocycles. The number of carbonyl (C=O) groups is 1. The minimum absolute atomic E-state index is 0.166. The monoisotopic (exact) mass is 330 g/mol. The zero-order chi connectivity index (χ0) is 17.6. The molecule has 1 unspecified atom stereocenters. The first-order chi connectivity index (χ1) is 11.4. The highest BCUT2D eigenvalue weighted by atomic mass is 16.6. The van der Waals surface area contributed by atoms with E-state index in [0.29, 0.717) is 12.2 Å². The number of rotatable bonds is 7. The number of hydrogen-bond donors (Lipinski definition) is 1. The second-order valence-corrected chi connectivity index (χ2v) is 6.99. The summed E-state index contributed by atoms with van der Waals surface area (Å²) < 4.78 is 5.64. The molecule has 2 rings (SSSR count). The van der Waals surface area contributed by atoms with E-state index < -0.39 is 5.60 Å². The summed E-state index contributed by atoms with van der Waals surface area (Å²) in [5.41, 5.74) is 0.620.